The van der Waals surface area contributed by atoms with Crippen molar-refractivity contribution in [1.29, 1.82) is 0 Å². The Hall–Kier alpha value is -4.21. The Labute approximate surface area is 206 Å². The van der Waals surface area contributed by atoms with E-state index in [9.17, 15) is 0 Å². The van der Waals surface area contributed by atoms with E-state index in [1.807, 2.05) is 11.3 Å². The van der Waals surface area contributed by atoms with Crippen molar-refractivity contribution in [1.82, 2.24) is 9.55 Å². The number of hydrogen-bond acceptors (Lipinski definition) is 2. The number of rotatable bonds is 2. The van der Waals surface area contributed by atoms with E-state index < -0.39 is 0 Å². The van der Waals surface area contributed by atoms with Gasteiger partial charge in [-0.25, -0.2) is 4.98 Å². The first-order chi connectivity index (χ1) is 17.4. The van der Waals surface area contributed by atoms with Gasteiger partial charge in [-0.15, -0.1) is 11.3 Å². The van der Waals surface area contributed by atoms with Crippen LogP contribution in [0.5, 0.6) is 0 Å². The van der Waals surface area contributed by atoms with Crippen molar-refractivity contribution < 1.29 is 0 Å². The quantitative estimate of drug-likeness (QED) is 0.250. The van der Waals surface area contributed by atoms with Crippen LogP contribution >= 0.6 is 11.3 Å². The Balaban J connectivity index is 1.40. The Morgan fingerprint density at radius 3 is 2.31 bits per heavy atom. The molecule has 7 aromatic rings. The van der Waals surface area contributed by atoms with E-state index in [0.717, 1.165) is 29.0 Å². The highest BCUT2D eigenvalue weighted by molar-refractivity contribution is 7.25. The Kier molecular flexibility index (Phi) is 3.91. The Morgan fingerprint density at radius 1 is 0.600 bits per heavy atom. The minimum atomic E-state index is 0.927. The number of para-hydroxylation sites is 3. The molecule has 3 heteroatoms. The van der Waals surface area contributed by atoms with E-state index >= 15 is 0 Å². The van der Waals surface area contributed by atoms with Gasteiger partial charge in [-0.2, -0.15) is 0 Å². The van der Waals surface area contributed by atoms with Gasteiger partial charge in [0.2, 0.25) is 0 Å². The fourth-order valence-corrected chi connectivity index (χ4v) is 6.92. The molecule has 35 heavy (non-hydrogen) atoms. The summed E-state index contributed by atoms with van der Waals surface area (Å²) in [7, 11) is 0. The van der Waals surface area contributed by atoms with Crippen LogP contribution in [0.3, 0.4) is 0 Å². The molecule has 0 unspecified atom stereocenters. The first kappa shape index (κ1) is 19.1. The lowest BCUT2D eigenvalue weighted by Gasteiger charge is -2.12. The van der Waals surface area contributed by atoms with Crippen LogP contribution in [0.15, 0.2) is 109 Å². The van der Waals surface area contributed by atoms with Gasteiger partial charge in [0.05, 0.1) is 11.0 Å². The smallest absolute Gasteiger partial charge is 0.146 e. The van der Waals surface area contributed by atoms with E-state index in [2.05, 4.69) is 114 Å². The summed E-state index contributed by atoms with van der Waals surface area (Å²) in [6, 6.07) is 39.2. The fourth-order valence-electron chi connectivity index (χ4n) is 5.78. The standard InChI is InChI=1S/C32H20N2S/c1-2-9-20(10-3-1)34-28-15-6-5-14-27(28)33-32(34)23-13-8-12-21-22-17-18-30-31(26(22)19-25(21)23)24-11-4-7-16-29(24)35-30/h1-18H,19H2. The molecule has 0 amide bonds. The summed E-state index contributed by atoms with van der Waals surface area (Å²) in [5, 5.41) is 2.79. The van der Waals surface area contributed by atoms with Crippen molar-refractivity contribution >= 4 is 42.5 Å². The molecular weight excluding hydrogens is 444 g/mol. The van der Waals surface area contributed by atoms with Crippen molar-refractivity contribution in [2.75, 3.05) is 0 Å². The number of aromatic nitrogens is 2. The summed E-state index contributed by atoms with van der Waals surface area (Å²) in [5.41, 5.74) is 10.0. The minimum Gasteiger partial charge on any atom is -0.292 e. The zero-order chi connectivity index (χ0) is 22.9. The summed E-state index contributed by atoms with van der Waals surface area (Å²) in [6.45, 7) is 0. The molecule has 1 aliphatic rings. The van der Waals surface area contributed by atoms with E-state index in [1.165, 1.54) is 48.0 Å². The van der Waals surface area contributed by atoms with Crippen molar-refractivity contribution in [2.45, 2.75) is 6.42 Å². The van der Waals surface area contributed by atoms with Gasteiger partial charge in [0.1, 0.15) is 5.82 Å². The normalized spacial score (nSPS) is 12.5. The molecule has 0 atom stereocenters. The van der Waals surface area contributed by atoms with Crippen LogP contribution in [0.4, 0.5) is 0 Å². The second-order valence-electron chi connectivity index (χ2n) is 9.17. The molecule has 0 radical (unpaired) electrons. The highest BCUT2D eigenvalue weighted by Gasteiger charge is 2.27. The van der Waals surface area contributed by atoms with Gasteiger partial charge in [-0.05, 0) is 58.7 Å². The third-order valence-corrected chi connectivity index (χ3v) is 8.42. The van der Waals surface area contributed by atoms with Crippen molar-refractivity contribution in [2.24, 2.45) is 0 Å². The zero-order valence-corrected chi connectivity index (χ0v) is 19.7. The van der Waals surface area contributed by atoms with Crippen LogP contribution in [0.1, 0.15) is 11.1 Å². The molecular formula is C32H20N2S. The highest BCUT2D eigenvalue weighted by Crippen LogP contribution is 2.48. The van der Waals surface area contributed by atoms with E-state index in [4.69, 9.17) is 4.98 Å². The molecule has 0 spiro atoms. The van der Waals surface area contributed by atoms with Crippen LogP contribution in [-0.4, -0.2) is 9.55 Å². The minimum absolute atomic E-state index is 0.927. The predicted octanol–water partition coefficient (Wildman–Crippen LogP) is 8.63. The second kappa shape index (κ2) is 7.14. The zero-order valence-electron chi connectivity index (χ0n) is 18.9. The maximum Gasteiger partial charge on any atom is 0.146 e. The van der Waals surface area contributed by atoms with Gasteiger partial charge >= 0.3 is 0 Å². The van der Waals surface area contributed by atoms with Gasteiger partial charge in [0.15, 0.2) is 0 Å². The molecule has 1 aliphatic carbocycles. The average molecular weight is 465 g/mol. The van der Waals surface area contributed by atoms with E-state index in [-0.39, 0.29) is 0 Å². The third-order valence-electron chi connectivity index (χ3n) is 7.29. The van der Waals surface area contributed by atoms with Gasteiger partial charge in [0.25, 0.3) is 0 Å². The molecule has 0 fully saturated rings. The summed E-state index contributed by atoms with van der Waals surface area (Å²) >= 11 is 1.89. The molecule has 2 nitrogen and oxygen atoms in total. The summed E-state index contributed by atoms with van der Waals surface area (Å²) in [4.78, 5) is 5.17. The van der Waals surface area contributed by atoms with Crippen LogP contribution in [0, 0.1) is 0 Å². The molecule has 2 aromatic heterocycles. The molecule has 0 aliphatic heterocycles. The number of benzene rings is 5. The van der Waals surface area contributed by atoms with E-state index in [1.54, 1.807) is 0 Å². The average Bonchev–Trinajstić information content (AvgIpc) is 3.59. The van der Waals surface area contributed by atoms with Crippen molar-refractivity contribution in [3.05, 3.63) is 120 Å². The molecule has 5 aromatic carbocycles. The number of thiophene rings is 1. The molecule has 164 valence electrons. The Morgan fingerprint density at radius 2 is 1.37 bits per heavy atom. The van der Waals surface area contributed by atoms with Gasteiger partial charge < -0.3 is 0 Å². The van der Waals surface area contributed by atoms with Gasteiger partial charge in [-0.3, -0.25) is 4.57 Å². The fraction of sp³-hybridized carbons (Fsp3) is 0.0312. The summed E-state index contributed by atoms with van der Waals surface area (Å²) < 4.78 is 5.04. The van der Waals surface area contributed by atoms with Crippen molar-refractivity contribution in [3.8, 4) is 28.2 Å². The number of fused-ring (bicyclic) bond motifs is 8. The van der Waals surface area contributed by atoms with Crippen LogP contribution < -0.4 is 0 Å². The molecule has 0 saturated heterocycles. The molecule has 0 N–H and O–H groups in total. The van der Waals surface area contributed by atoms with Crippen LogP contribution in [0.2, 0.25) is 0 Å². The highest BCUT2D eigenvalue weighted by atomic mass is 32.1. The third kappa shape index (κ3) is 2.67. The topological polar surface area (TPSA) is 17.8 Å². The van der Waals surface area contributed by atoms with Crippen molar-refractivity contribution in [3.63, 3.8) is 0 Å². The second-order valence-corrected chi connectivity index (χ2v) is 10.3. The molecule has 0 saturated carbocycles. The lowest BCUT2D eigenvalue weighted by atomic mass is 10.0. The van der Waals surface area contributed by atoms with E-state index in [0.29, 0.717) is 0 Å². The maximum absolute atomic E-state index is 5.17. The molecule has 0 bridgehead atoms. The predicted molar refractivity (Wildman–Crippen MR) is 148 cm³/mol. The lowest BCUT2D eigenvalue weighted by Crippen LogP contribution is -1.99. The monoisotopic (exact) mass is 464 g/mol. The van der Waals surface area contributed by atoms with Gasteiger partial charge in [-0.1, -0.05) is 72.8 Å². The number of hydrogen-bond donors (Lipinski definition) is 0. The maximum atomic E-state index is 5.17. The SMILES string of the molecule is c1ccc(-n2c(-c3cccc4c3Cc3c-4ccc4sc5ccccc5c34)nc3ccccc32)cc1. The first-order valence-corrected chi connectivity index (χ1v) is 12.8. The Bertz CT molecular complexity index is 1920. The first-order valence-electron chi connectivity index (χ1n) is 12.0. The largest absolute Gasteiger partial charge is 0.292 e. The summed E-state index contributed by atoms with van der Waals surface area (Å²) in [5.74, 6) is 1.01. The number of imidazole rings is 1. The van der Waals surface area contributed by atoms with Gasteiger partial charge in [0, 0.05) is 37.8 Å². The lowest BCUT2D eigenvalue weighted by molar-refractivity contribution is 1.09. The number of nitrogens with zero attached hydrogens (tertiary/aromatic N) is 2. The van der Waals surface area contributed by atoms with Crippen LogP contribution in [0.25, 0.3) is 59.4 Å². The molecule has 2 heterocycles. The summed E-state index contributed by atoms with van der Waals surface area (Å²) in [6.07, 6.45) is 0.927. The van der Waals surface area contributed by atoms with Crippen LogP contribution in [-0.2, 0) is 6.42 Å². The molecule has 8 rings (SSSR count).